The van der Waals surface area contributed by atoms with Crippen molar-refractivity contribution in [3.05, 3.63) is 96.1 Å². The summed E-state index contributed by atoms with van der Waals surface area (Å²) in [5.41, 5.74) is 3.07. The zero-order valence-corrected chi connectivity index (χ0v) is 13.8. The molecule has 0 aromatic heterocycles. The van der Waals surface area contributed by atoms with Crippen molar-refractivity contribution >= 4 is 11.6 Å². The maximum absolute atomic E-state index is 13.2. The van der Waals surface area contributed by atoms with Gasteiger partial charge in [-0.2, -0.15) is 0 Å². The van der Waals surface area contributed by atoms with Crippen LogP contribution in [-0.4, -0.2) is 12.0 Å². The van der Waals surface area contributed by atoms with Gasteiger partial charge >= 0.3 is 0 Å². The highest BCUT2D eigenvalue weighted by molar-refractivity contribution is 5.97. The van der Waals surface area contributed by atoms with E-state index in [0.29, 0.717) is 13.0 Å². The summed E-state index contributed by atoms with van der Waals surface area (Å²) in [6, 6.07) is 27.7. The first kappa shape index (κ1) is 15.5. The summed E-state index contributed by atoms with van der Waals surface area (Å²) in [5.74, 6) is 0.805. The lowest BCUT2D eigenvalue weighted by atomic mass is 10.1. The lowest BCUT2D eigenvalue weighted by Crippen LogP contribution is -2.41. The third-order valence-electron chi connectivity index (χ3n) is 4.44. The highest BCUT2D eigenvalue weighted by Gasteiger charge is 2.32. The molecule has 0 saturated carbocycles. The smallest absolute Gasteiger partial charge is 0.268 e. The monoisotopic (exact) mass is 329 g/mol. The Morgan fingerprint density at radius 3 is 2.24 bits per heavy atom. The molecule has 1 amide bonds. The Morgan fingerprint density at radius 2 is 1.52 bits per heavy atom. The number of para-hydroxylation sites is 2. The number of nitrogens with zero attached hydrogens (tertiary/aromatic N) is 1. The number of fused-ring (bicyclic) bond motifs is 1. The summed E-state index contributed by atoms with van der Waals surface area (Å²) >= 11 is 0. The standard InChI is InChI=1S/C22H19NO2/c24-22(21-15-18-11-7-8-14-20(18)25-21)23(19-12-5-2-6-13-19)16-17-9-3-1-4-10-17/h1-14,21H,15-16H2/t21-/m0/s1. The molecule has 124 valence electrons. The van der Waals surface area contributed by atoms with E-state index in [1.807, 2.05) is 89.8 Å². The van der Waals surface area contributed by atoms with E-state index < -0.39 is 6.10 Å². The molecule has 0 bridgehead atoms. The van der Waals surface area contributed by atoms with E-state index in [4.69, 9.17) is 4.74 Å². The molecule has 4 rings (SSSR count). The molecule has 0 aliphatic carbocycles. The Kier molecular flexibility index (Phi) is 4.21. The van der Waals surface area contributed by atoms with E-state index in [1.165, 1.54) is 0 Å². The highest BCUT2D eigenvalue weighted by atomic mass is 16.5. The zero-order valence-electron chi connectivity index (χ0n) is 13.8. The Hall–Kier alpha value is -3.07. The van der Waals surface area contributed by atoms with Gasteiger partial charge in [0.1, 0.15) is 5.75 Å². The van der Waals surface area contributed by atoms with Crippen molar-refractivity contribution in [2.24, 2.45) is 0 Å². The molecule has 0 spiro atoms. The van der Waals surface area contributed by atoms with Gasteiger partial charge in [-0.25, -0.2) is 0 Å². The Morgan fingerprint density at radius 1 is 0.880 bits per heavy atom. The number of anilines is 1. The Bertz CT molecular complexity index is 836. The molecular weight excluding hydrogens is 310 g/mol. The van der Waals surface area contributed by atoms with Crippen LogP contribution in [0, 0.1) is 0 Å². The van der Waals surface area contributed by atoms with Crippen molar-refractivity contribution in [1.82, 2.24) is 0 Å². The van der Waals surface area contributed by atoms with Crippen molar-refractivity contribution in [3.63, 3.8) is 0 Å². The Labute approximate surface area is 147 Å². The minimum Gasteiger partial charge on any atom is -0.480 e. The van der Waals surface area contributed by atoms with Crippen molar-refractivity contribution in [1.29, 1.82) is 0 Å². The quantitative estimate of drug-likeness (QED) is 0.717. The van der Waals surface area contributed by atoms with E-state index in [9.17, 15) is 4.79 Å². The SMILES string of the molecule is O=C([C@@H]1Cc2ccccc2O1)N(Cc1ccccc1)c1ccccc1. The van der Waals surface area contributed by atoms with Gasteiger partial charge < -0.3 is 9.64 Å². The van der Waals surface area contributed by atoms with Gasteiger partial charge in [-0.1, -0.05) is 66.7 Å². The predicted molar refractivity (Wildman–Crippen MR) is 98.6 cm³/mol. The topological polar surface area (TPSA) is 29.5 Å². The predicted octanol–water partition coefficient (Wildman–Crippen LogP) is 4.22. The van der Waals surface area contributed by atoms with Crippen molar-refractivity contribution in [2.45, 2.75) is 19.1 Å². The van der Waals surface area contributed by atoms with Gasteiger partial charge in [-0.3, -0.25) is 4.79 Å². The van der Waals surface area contributed by atoms with Gasteiger partial charge in [0, 0.05) is 12.1 Å². The summed E-state index contributed by atoms with van der Waals surface area (Å²) in [7, 11) is 0. The molecule has 0 unspecified atom stereocenters. The number of hydrogen-bond acceptors (Lipinski definition) is 2. The third-order valence-corrected chi connectivity index (χ3v) is 4.44. The molecule has 0 fully saturated rings. The minimum atomic E-state index is -0.471. The summed E-state index contributed by atoms with van der Waals surface area (Å²) in [6.45, 7) is 0.528. The van der Waals surface area contributed by atoms with Crippen LogP contribution in [0.15, 0.2) is 84.9 Å². The number of carbonyl (C=O) groups excluding carboxylic acids is 1. The molecule has 0 saturated heterocycles. The molecule has 0 radical (unpaired) electrons. The van der Waals surface area contributed by atoms with Crippen LogP contribution >= 0.6 is 0 Å². The van der Waals surface area contributed by atoms with Crippen LogP contribution in [-0.2, 0) is 17.8 Å². The molecule has 1 aliphatic rings. The second-order valence-electron chi connectivity index (χ2n) is 6.16. The average molecular weight is 329 g/mol. The van der Waals surface area contributed by atoms with E-state index in [1.54, 1.807) is 0 Å². The fourth-order valence-corrected chi connectivity index (χ4v) is 3.16. The number of carbonyl (C=O) groups is 1. The van der Waals surface area contributed by atoms with E-state index >= 15 is 0 Å². The van der Waals surface area contributed by atoms with Crippen LogP contribution in [0.2, 0.25) is 0 Å². The van der Waals surface area contributed by atoms with Crippen LogP contribution in [0.3, 0.4) is 0 Å². The lowest BCUT2D eigenvalue weighted by Gasteiger charge is -2.25. The van der Waals surface area contributed by atoms with Gasteiger partial charge in [-0.05, 0) is 29.3 Å². The molecule has 1 heterocycles. The molecular formula is C22H19NO2. The van der Waals surface area contributed by atoms with Crippen LogP contribution < -0.4 is 9.64 Å². The zero-order chi connectivity index (χ0) is 17.1. The first-order chi connectivity index (χ1) is 12.3. The average Bonchev–Trinajstić information content (AvgIpc) is 3.11. The largest absolute Gasteiger partial charge is 0.480 e. The molecule has 3 aromatic rings. The van der Waals surface area contributed by atoms with Gasteiger partial charge in [0.25, 0.3) is 5.91 Å². The van der Waals surface area contributed by atoms with Crippen molar-refractivity contribution < 1.29 is 9.53 Å². The maximum Gasteiger partial charge on any atom is 0.268 e. The summed E-state index contributed by atoms with van der Waals surface area (Å²) in [5, 5.41) is 0. The number of rotatable bonds is 4. The minimum absolute atomic E-state index is 0.00810. The molecule has 3 heteroatoms. The first-order valence-corrected chi connectivity index (χ1v) is 8.46. The Balaban J connectivity index is 1.61. The van der Waals surface area contributed by atoms with Gasteiger partial charge in [0.05, 0.1) is 6.54 Å². The van der Waals surface area contributed by atoms with Crippen LogP contribution in [0.1, 0.15) is 11.1 Å². The van der Waals surface area contributed by atoms with Crippen molar-refractivity contribution in [2.75, 3.05) is 4.90 Å². The molecule has 3 aromatic carbocycles. The molecule has 1 aliphatic heterocycles. The molecule has 3 nitrogen and oxygen atoms in total. The van der Waals surface area contributed by atoms with Crippen molar-refractivity contribution in [3.8, 4) is 5.75 Å². The molecule has 0 N–H and O–H groups in total. The summed E-state index contributed by atoms with van der Waals surface area (Å²) in [4.78, 5) is 15.0. The number of amides is 1. The maximum atomic E-state index is 13.2. The van der Waals surface area contributed by atoms with Gasteiger partial charge in [-0.15, -0.1) is 0 Å². The van der Waals surface area contributed by atoms with Crippen LogP contribution in [0.4, 0.5) is 5.69 Å². The molecule has 1 atom stereocenters. The number of ether oxygens (including phenoxy) is 1. The number of hydrogen-bond donors (Lipinski definition) is 0. The van der Waals surface area contributed by atoms with Crippen LogP contribution in [0.5, 0.6) is 5.75 Å². The van der Waals surface area contributed by atoms with Gasteiger partial charge in [0.2, 0.25) is 0 Å². The second-order valence-corrected chi connectivity index (χ2v) is 6.16. The lowest BCUT2D eigenvalue weighted by molar-refractivity contribution is -0.124. The third kappa shape index (κ3) is 3.26. The molecule has 25 heavy (non-hydrogen) atoms. The summed E-state index contributed by atoms with van der Waals surface area (Å²) < 4.78 is 5.92. The van der Waals surface area contributed by atoms with E-state index in [0.717, 1.165) is 22.6 Å². The fourth-order valence-electron chi connectivity index (χ4n) is 3.16. The highest BCUT2D eigenvalue weighted by Crippen LogP contribution is 2.30. The first-order valence-electron chi connectivity index (χ1n) is 8.46. The normalized spacial score (nSPS) is 15.3. The van der Waals surface area contributed by atoms with Crippen LogP contribution in [0.25, 0.3) is 0 Å². The van der Waals surface area contributed by atoms with E-state index in [2.05, 4.69) is 0 Å². The number of benzene rings is 3. The van der Waals surface area contributed by atoms with Gasteiger partial charge in [0.15, 0.2) is 6.10 Å². The summed E-state index contributed by atoms with van der Waals surface area (Å²) in [6.07, 6.45) is 0.147. The second kappa shape index (κ2) is 6.81. The van der Waals surface area contributed by atoms with E-state index in [-0.39, 0.29) is 5.91 Å². The fraction of sp³-hybridized carbons (Fsp3) is 0.136.